The number of hydrogen-bond acceptors (Lipinski definition) is 1. The highest BCUT2D eigenvalue weighted by Crippen LogP contribution is 2.25. The van der Waals surface area contributed by atoms with E-state index in [0.29, 0.717) is 11.7 Å². The maximum absolute atomic E-state index is 11.5. The summed E-state index contributed by atoms with van der Waals surface area (Å²) in [5, 5.41) is 0. The van der Waals surface area contributed by atoms with E-state index in [1.54, 1.807) is 0 Å². The SMILES string of the molecule is O=C1CCCC1Cc1ccc(CCl)cc1. The third-order valence-corrected chi connectivity index (χ3v) is 3.40. The zero-order chi connectivity index (χ0) is 10.7. The Bertz CT molecular complexity index is 342. The lowest BCUT2D eigenvalue weighted by Crippen LogP contribution is -2.09. The van der Waals surface area contributed by atoms with E-state index in [9.17, 15) is 4.79 Å². The molecule has 1 unspecified atom stereocenters. The lowest BCUT2D eigenvalue weighted by atomic mass is 9.97. The predicted octanol–water partition coefficient (Wildman–Crippen LogP) is 3.34. The zero-order valence-corrected chi connectivity index (χ0v) is 9.46. The van der Waals surface area contributed by atoms with Gasteiger partial charge in [0.15, 0.2) is 0 Å². The van der Waals surface area contributed by atoms with E-state index in [1.807, 2.05) is 12.1 Å². The minimum Gasteiger partial charge on any atom is -0.299 e. The normalized spacial score (nSPS) is 20.9. The molecule has 0 aliphatic heterocycles. The Kier molecular flexibility index (Phi) is 3.42. The van der Waals surface area contributed by atoms with Crippen LogP contribution in [0.1, 0.15) is 30.4 Å². The fourth-order valence-electron chi connectivity index (χ4n) is 2.15. The van der Waals surface area contributed by atoms with Crippen molar-refractivity contribution < 1.29 is 4.79 Å². The molecule has 1 aromatic carbocycles. The van der Waals surface area contributed by atoms with Crippen molar-refractivity contribution in [3.63, 3.8) is 0 Å². The van der Waals surface area contributed by atoms with Gasteiger partial charge in [0.05, 0.1) is 0 Å². The molecular weight excluding hydrogens is 208 g/mol. The average Bonchev–Trinajstić information content (AvgIpc) is 2.66. The summed E-state index contributed by atoms with van der Waals surface area (Å²) in [5.41, 5.74) is 2.39. The van der Waals surface area contributed by atoms with Gasteiger partial charge in [0, 0.05) is 18.2 Å². The molecule has 1 atom stereocenters. The van der Waals surface area contributed by atoms with E-state index < -0.39 is 0 Å². The minimum absolute atomic E-state index is 0.270. The first-order chi connectivity index (χ1) is 7.29. The summed E-state index contributed by atoms with van der Waals surface area (Å²) >= 11 is 5.72. The Balaban J connectivity index is 2.01. The van der Waals surface area contributed by atoms with Crippen molar-refractivity contribution in [2.24, 2.45) is 5.92 Å². The summed E-state index contributed by atoms with van der Waals surface area (Å²) in [7, 11) is 0. The molecule has 1 aromatic rings. The Morgan fingerprint density at radius 1 is 1.20 bits per heavy atom. The van der Waals surface area contributed by atoms with Crippen LogP contribution in [0.5, 0.6) is 0 Å². The van der Waals surface area contributed by atoms with E-state index in [-0.39, 0.29) is 5.92 Å². The molecule has 80 valence electrons. The maximum Gasteiger partial charge on any atom is 0.136 e. The summed E-state index contributed by atoms with van der Waals surface area (Å²) in [4.78, 5) is 11.5. The summed E-state index contributed by atoms with van der Waals surface area (Å²) < 4.78 is 0. The quantitative estimate of drug-likeness (QED) is 0.717. The first-order valence-electron chi connectivity index (χ1n) is 5.46. The van der Waals surface area contributed by atoms with Crippen molar-refractivity contribution in [1.29, 1.82) is 0 Å². The summed E-state index contributed by atoms with van der Waals surface area (Å²) in [6, 6.07) is 8.26. The van der Waals surface area contributed by atoms with Crippen LogP contribution in [-0.2, 0) is 17.1 Å². The topological polar surface area (TPSA) is 17.1 Å². The van der Waals surface area contributed by atoms with Gasteiger partial charge in [-0.05, 0) is 30.4 Å². The van der Waals surface area contributed by atoms with Gasteiger partial charge in [0.25, 0.3) is 0 Å². The summed E-state index contributed by atoms with van der Waals surface area (Å²) in [6.07, 6.45) is 3.82. The van der Waals surface area contributed by atoms with Crippen molar-refractivity contribution in [2.75, 3.05) is 0 Å². The molecule has 0 spiro atoms. The fraction of sp³-hybridized carbons (Fsp3) is 0.462. The smallest absolute Gasteiger partial charge is 0.136 e. The third kappa shape index (κ3) is 2.60. The molecule has 0 saturated heterocycles. The predicted molar refractivity (Wildman–Crippen MR) is 62.1 cm³/mol. The number of benzene rings is 1. The molecule has 1 aliphatic rings. The van der Waals surface area contributed by atoms with Crippen LogP contribution in [0.4, 0.5) is 0 Å². The number of ketones is 1. The van der Waals surface area contributed by atoms with Gasteiger partial charge in [0.1, 0.15) is 5.78 Å². The Morgan fingerprint density at radius 2 is 1.87 bits per heavy atom. The van der Waals surface area contributed by atoms with Crippen LogP contribution in [0.3, 0.4) is 0 Å². The standard InChI is InChI=1S/C13H15ClO/c14-9-11-6-4-10(5-7-11)8-12-2-1-3-13(12)15/h4-7,12H,1-3,8-9H2. The lowest BCUT2D eigenvalue weighted by Gasteiger charge is -2.07. The van der Waals surface area contributed by atoms with Gasteiger partial charge in [-0.25, -0.2) is 0 Å². The first kappa shape index (κ1) is 10.7. The molecule has 0 heterocycles. The van der Waals surface area contributed by atoms with Crippen LogP contribution in [0.15, 0.2) is 24.3 Å². The summed E-state index contributed by atoms with van der Waals surface area (Å²) in [5.74, 6) is 1.27. The second-order valence-electron chi connectivity index (χ2n) is 4.21. The summed E-state index contributed by atoms with van der Waals surface area (Å²) in [6.45, 7) is 0. The van der Waals surface area contributed by atoms with Gasteiger partial charge < -0.3 is 0 Å². The molecule has 0 bridgehead atoms. The van der Waals surface area contributed by atoms with Crippen molar-refractivity contribution in [2.45, 2.75) is 31.6 Å². The second kappa shape index (κ2) is 4.80. The van der Waals surface area contributed by atoms with Crippen molar-refractivity contribution >= 4 is 17.4 Å². The number of Topliss-reactive ketones (excluding diaryl/α,β-unsaturated/α-hetero) is 1. The first-order valence-corrected chi connectivity index (χ1v) is 5.99. The van der Waals surface area contributed by atoms with Gasteiger partial charge in [-0.3, -0.25) is 4.79 Å². The molecule has 0 amide bonds. The van der Waals surface area contributed by atoms with Crippen LogP contribution in [0.2, 0.25) is 0 Å². The number of carbonyl (C=O) groups excluding carboxylic acids is 1. The van der Waals surface area contributed by atoms with Crippen molar-refractivity contribution in [3.8, 4) is 0 Å². The highest BCUT2D eigenvalue weighted by atomic mass is 35.5. The highest BCUT2D eigenvalue weighted by Gasteiger charge is 2.24. The molecule has 1 fully saturated rings. The van der Waals surface area contributed by atoms with Crippen LogP contribution in [-0.4, -0.2) is 5.78 Å². The van der Waals surface area contributed by atoms with Crippen LogP contribution in [0.25, 0.3) is 0 Å². The maximum atomic E-state index is 11.5. The van der Waals surface area contributed by atoms with Crippen LogP contribution < -0.4 is 0 Å². The molecule has 2 heteroatoms. The monoisotopic (exact) mass is 222 g/mol. The van der Waals surface area contributed by atoms with Gasteiger partial charge in [-0.2, -0.15) is 0 Å². The largest absolute Gasteiger partial charge is 0.299 e. The van der Waals surface area contributed by atoms with Gasteiger partial charge >= 0.3 is 0 Å². The van der Waals surface area contributed by atoms with E-state index in [4.69, 9.17) is 11.6 Å². The van der Waals surface area contributed by atoms with Gasteiger partial charge in [-0.15, -0.1) is 11.6 Å². The van der Waals surface area contributed by atoms with Crippen molar-refractivity contribution in [1.82, 2.24) is 0 Å². The van der Waals surface area contributed by atoms with Gasteiger partial charge in [0.2, 0.25) is 0 Å². The Hall–Kier alpha value is -0.820. The molecule has 1 saturated carbocycles. The number of rotatable bonds is 3. The highest BCUT2D eigenvalue weighted by molar-refractivity contribution is 6.17. The average molecular weight is 223 g/mol. The minimum atomic E-state index is 0.270. The van der Waals surface area contributed by atoms with Gasteiger partial charge in [-0.1, -0.05) is 24.3 Å². The van der Waals surface area contributed by atoms with Crippen molar-refractivity contribution in [3.05, 3.63) is 35.4 Å². The number of alkyl halides is 1. The number of halogens is 1. The molecule has 2 rings (SSSR count). The molecule has 0 N–H and O–H groups in total. The van der Waals surface area contributed by atoms with E-state index >= 15 is 0 Å². The Morgan fingerprint density at radius 3 is 2.40 bits per heavy atom. The second-order valence-corrected chi connectivity index (χ2v) is 4.48. The number of carbonyl (C=O) groups is 1. The lowest BCUT2D eigenvalue weighted by molar-refractivity contribution is -0.120. The fourth-order valence-corrected chi connectivity index (χ4v) is 2.33. The molecule has 1 aliphatic carbocycles. The zero-order valence-electron chi connectivity index (χ0n) is 8.71. The molecule has 0 aromatic heterocycles. The number of hydrogen-bond donors (Lipinski definition) is 0. The van der Waals surface area contributed by atoms with Crippen LogP contribution >= 0.6 is 11.6 Å². The molecule has 1 nitrogen and oxygen atoms in total. The molecule has 0 radical (unpaired) electrons. The Labute approximate surface area is 95.4 Å². The van der Waals surface area contributed by atoms with Crippen LogP contribution in [0, 0.1) is 5.92 Å². The van der Waals surface area contributed by atoms with E-state index in [0.717, 1.165) is 31.2 Å². The molecular formula is C13H15ClO. The molecule has 15 heavy (non-hydrogen) atoms. The third-order valence-electron chi connectivity index (χ3n) is 3.09. The van der Waals surface area contributed by atoms with E-state index in [2.05, 4.69) is 12.1 Å². The van der Waals surface area contributed by atoms with E-state index in [1.165, 1.54) is 5.56 Å².